The Labute approximate surface area is 270 Å². The molecule has 0 aliphatic carbocycles. The molecule has 0 atom stereocenters. The molecule has 218 valence electrons. The molecule has 0 radical (unpaired) electrons. The summed E-state index contributed by atoms with van der Waals surface area (Å²) in [6.07, 6.45) is 0. The number of fused-ring (bicyclic) bond motifs is 4. The minimum Gasteiger partial charge on any atom is -0.455 e. The van der Waals surface area contributed by atoms with E-state index in [4.69, 9.17) is 19.4 Å². The van der Waals surface area contributed by atoms with E-state index in [-0.39, 0.29) is 0 Å². The standard InChI is InChI=1S/C43H25N3O/c1-2-10-28(11-3-1)41-44-42(46-43(45-41)31-22-17-26-9-4-5-12-30(26)25-31)29-20-18-27(19-21-29)32-23-24-36-34-14-7-6-13-33(34)35-15-8-16-37-38(35)39(36)40(32)47-37/h1-25H. The summed E-state index contributed by atoms with van der Waals surface area (Å²) >= 11 is 0. The van der Waals surface area contributed by atoms with Gasteiger partial charge in [-0.3, -0.25) is 0 Å². The van der Waals surface area contributed by atoms with Crippen molar-refractivity contribution in [1.82, 2.24) is 15.0 Å². The Morgan fingerprint density at radius 2 is 0.936 bits per heavy atom. The average molecular weight is 600 g/mol. The molecule has 0 aliphatic heterocycles. The normalized spacial score (nSPS) is 11.8. The lowest BCUT2D eigenvalue weighted by molar-refractivity contribution is 0.670. The van der Waals surface area contributed by atoms with Gasteiger partial charge in [0.15, 0.2) is 17.5 Å². The number of furan rings is 1. The molecule has 0 fully saturated rings. The van der Waals surface area contributed by atoms with Gasteiger partial charge in [-0.25, -0.2) is 15.0 Å². The van der Waals surface area contributed by atoms with E-state index in [0.717, 1.165) is 44.4 Å². The van der Waals surface area contributed by atoms with Gasteiger partial charge in [0, 0.05) is 33.0 Å². The Bertz CT molecular complexity index is 2780. The first-order valence-corrected chi connectivity index (χ1v) is 15.8. The van der Waals surface area contributed by atoms with Gasteiger partial charge in [-0.15, -0.1) is 0 Å². The van der Waals surface area contributed by atoms with Crippen molar-refractivity contribution in [1.29, 1.82) is 0 Å². The molecule has 10 rings (SSSR count). The van der Waals surface area contributed by atoms with E-state index in [2.05, 4.69) is 121 Å². The molecule has 0 N–H and O–H groups in total. The molecule has 0 unspecified atom stereocenters. The van der Waals surface area contributed by atoms with Gasteiger partial charge >= 0.3 is 0 Å². The highest BCUT2D eigenvalue weighted by molar-refractivity contribution is 6.34. The first-order valence-electron chi connectivity index (χ1n) is 15.8. The van der Waals surface area contributed by atoms with Crippen LogP contribution in [-0.2, 0) is 0 Å². The molecule has 8 aromatic carbocycles. The predicted molar refractivity (Wildman–Crippen MR) is 193 cm³/mol. The van der Waals surface area contributed by atoms with Crippen molar-refractivity contribution in [3.8, 4) is 45.3 Å². The summed E-state index contributed by atoms with van der Waals surface area (Å²) in [5.74, 6) is 1.93. The monoisotopic (exact) mass is 599 g/mol. The van der Waals surface area contributed by atoms with E-state index in [0.29, 0.717) is 17.5 Å². The number of aromatic nitrogens is 3. The van der Waals surface area contributed by atoms with Gasteiger partial charge in [0.05, 0.1) is 0 Å². The highest BCUT2D eigenvalue weighted by atomic mass is 16.3. The quantitative estimate of drug-likeness (QED) is 0.189. The molecule has 2 heterocycles. The number of hydrogen-bond acceptors (Lipinski definition) is 4. The van der Waals surface area contributed by atoms with Crippen LogP contribution in [-0.4, -0.2) is 15.0 Å². The van der Waals surface area contributed by atoms with Crippen LogP contribution in [0, 0.1) is 0 Å². The Balaban J connectivity index is 1.12. The lowest BCUT2D eigenvalue weighted by Gasteiger charge is -2.11. The fourth-order valence-electron chi connectivity index (χ4n) is 7.03. The van der Waals surface area contributed by atoms with Crippen molar-refractivity contribution in [2.75, 3.05) is 0 Å². The zero-order valence-corrected chi connectivity index (χ0v) is 25.2. The molecule has 0 saturated heterocycles. The third-order valence-electron chi connectivity index (χ3n) is 9.28. The fourth-order valence-corrected chi connectivity index (χ4v) is 7.03. The van der Waals surface area contributed by atoms with Gasteiger partial charge in [-0.1, -0.05) is 133 Å². The van der Waals surface area contributed by atoms with Crippen molar-refractivity contribution in [2.45, 2.75) is 0 Å². The van der Waals surface area contributed by atoms with E-state index in [1.807, 2.05) is 30.3 Å². The molecule has 0 saturated carbocycles. The molecular formula is C43H25N3O. The zero-order valence-electron chi connectivity index (χ0n) is 25.2. The summed E-state index contributed by atoms with van der Waals surface area (Å²) in [7, 11) is 0. The van der Waals surface area contributed by atoms with Crippen molar-refractivity contribution in [3.05, 3.63) is 152 Å². The van der Waals surface area contributed by atoms with Gasteiger partial charge < -0.3 is 4.42 Å². The summed E-state index contributed by atoms with van der Waals surface area (Å²) < 4.78 is 6.61. The van der Waals surface area contributed by atoms with Gasteiger partial charge in [0.25, 0.3) is 0 Å². The van der Waals surface area contributed by atoms with Crippen molar-refractivity contribution in [3.63, 3.8) is 0 Å². The molecule has 2 aromatic heterocycles. The highest BCUT2D eigenvalue weighted by Gasteiger charge is 2.20. The van der Waals surface area contributed by atoms with Crippen LogP contribution in [0.15, 0.2) is 156 Å². The van der Waals surface area contributed by atoms with Crippen LogP contribution >= 0.6 is 0 Å². The Morgan fingerprint density at radius 1 is 0.362 bits per heavy atom. The maximum atomic E-state index is 6.61. The fraction of sp³-hybridized carbons (Fsp3) is 0. The Morgan fingerprint density at radius 3 is 1.70 bits per heavy atom. The zero-order chi connectivity index (χ0) is 30.9. The molecule has 0 amide bonds. The van der Waals surface area contributed by atoms with Crippen LogP contribution in [0.5, 0.6) is 0 Å². The number of hydrogen-bond donors (Lipinski definition) is 0. The Hall–Kier alpha value is -6.39. The molecule has 4 nitrogen and oxygen atoms in total. The first-order chi connectivity index (χ1) is 23.3. The molecule has 47 heavy (non-hydrogen) atoms. The maximum absolute atomic E-state index is 6.61. The summed E-state index contributed by atoms with van der Waals surface area (Å²) in [6.45, 7) is 0. The van der Waals surface area contributed by atoms with Gasteiger partial charge in [0.1, 0.15) is 11.2 Å². The topological polar surface area (TPSA) is 51.8 Å². The van der Waals surface area contributed by atoms with Gasteiger partial charge in [0.2, 0.25) is 0 Å². The van der Waals surface area contributed by atoms with E-state index in [1.54, 1.807) is 0 Å². The van der Waals surface area contributed by atoms with Gasteiger partial charge in [-0.2, -0.15) is 0 Å². The highest BCUT2D eigenvalue weighted by Crippen LogP contribution is 2.45. The third-order valence-corrected chi connectivity index (χ3v) is 9.28. The lowest BCUT2D eigenvalue weighted by atomic mass is 9.92. The third kappa shape index (κ3) is 4.05. The van der Waals surface area contributed by atoms with E-state index >= 15 is 0 Å². The van der Waals surface area contributed by atoms with Crippen molar-refractivity contribution < 1.29 is 4.42 Å². The minimum absolute atomic E-state index is 0.633. The first kappa shape index (κ1) is 25.9. The largest absolute Gasteiger partial charge is 0.455 e. The molecule has 0 aliphatic rings. The summed E-state index contributed by atoms with van der Waals surface area (Å²) in [6, 6.07) is 52.7. The molecule has 10 aromatic rings. The second-order valence-corrected chi connectivity index (χ2v) is 12.0. The van der Waals surface area contributed by atoms with Crippen LogP contribution in [0.1, 0.15) is 0 Å². The number of benzene rings is 8. The van der Waals surface area contributed by atoms with E-state index in [1.165, 1.54) is 37.7 Å². The number of nitrogens with zero attached hydrogens (tertiary/aromatic N) is 3. The molecule has 4 heteroatoms. The summed E-state index contributed by atoms with van der Waals surface area (Å²) in [5, 5.41) is 9.64. The smallest absolute Gasteiger partial charge is 0.164 e. The van der Waals surface area contributed by atoms with Crippen LogP contribution in [0.2, 0.25) is 0 Å². The van der Waals surface area contributed by atoms with Crippen LogP contribution < -0.4 is 0 Å². The molecular weight excluding hydrogens is 574 g/mol. The van der Waals surface area contributed by atoms with Crippen LogP contribution in [0.3, 0.4) is 0 Å². The second kappa shape index (κ2) is 10.1. The van der Waals surface area contributed by atoms with E-state index in [9.17, 15) is 0 Å². The summed E-state index contributed by atoms with van der Waals surface area (Å²) in [5.41, 5.74) is 6.79. The van der Waals surface area contributed by atoms with Crippen LogP contribution in [0.25, 0.3) is 99.5 Å². The predicted octanol–water partition coefficient (Wildman–Crippen LogP) is 11.3. The number of rotatable bonds is 4. The van der Waals surface area contributed by atoms with Crippen LogP contribution in [0.4, 0.5) is 0 Å². The maximum Gasteiger partial charge on any atom is 0.164 e. The van der Waals surface area contributed by atoms with Crippen molar-refractivity contribution in [2.24, 2.45) is 0 Å². The minimum atomic E-state index is 0.633. The molecule has 0 bridgehead atoms. The van der Waals surface area contributed by atoms with Gasteiger partial charge in [-0.05, 0) is 56.1 Å². The summed E-state index contributed by atoms with van der Waals surface area (Å²) in [4.78, 5) is 14.9. The Kier molecular flexibility index (Phi) is 5.54. The molecule has 0 spiro atoms. The van der Waals surface area contributed by atoms with Crippen molar-refractivity contribution >= 4 is 54.3 Å². The second-order valence-electron chi connectivity index (χ2n) is 12.0. The lowest BCUT2D eigenvalue weighted by Crippen LogP contribution is -2.00. The SMILES string of the molecule is c1ccc(-c2nc(-c3ccc(-c4ccc5c6ccccc6c6cccc7oc4c5c76)cc3)nc(-c3ccc4ccccc4c3)n2)cc1. The average Bonchev–Trinajstić information content (AvgIpc) is 3.55. The van der Waals surface area contributed by atoms with E-state index < -0.39 is 0 Å².